The Hall–Kier alpha value is -2.56. The number of anilines is 2. The Kier molecular flexibility index (Phi) is 7.01. The minimum absolute atomic E-state index is 0.752. The lowest BCUT2D eigenvalue weighted by Crippen LogP contribution is -2.40. The van der Waals surface area contributed by atoms with E-state index in [1.807, 2.05) is 56.6 Å². The zero-order chi connectivity index (χ0) is 19.1. The highest BCUT2D eigenvalue weighted by atomic mass is 16.3. The molecule has 0 spiro atoms. The molecule has 2 unspecified atom stereocenters. The molecule has 2 N–H and O–H groups in total. The molecule has 0 bridgehead atoms. The van der Waals surface area contributed by atoms with Gasteiger partial charge < -0.3 is 20.0 Å². The van der Waals surface area contributed by atoms with Gasteiger partial charge in [0, 0.05) is 25.5 Å². The van der Waals surface area contributed by atoms with Crippen molar-refractivity contribution in [2.24, 2.45) is 0 Å². The van der Waals surface area contributed by atoms with Gasteiger partial charge >= 0.3 is 0 Å². The predicted octanol–water partition coefficient (Wildman–Crippen LogP) is 3.96. The number of rotatable bonds is 7. The van der Waals surface area contributed by atoms with Crippen molar-refractivity contribution < 1.29 is 10.2 Å². The van der Waals surface area contributed by atoms with E-state index in [1.54, 1.807) is 18.7 Å². The Balaban J connectivity index is 2.00. The highest BCUT2D eigenvalue weighted by molar-refractivity contribution is 5.61. The van der Waals surface area contributed by atoms with Gasteiger partial charge in [-0.05, 0) is 49.2 Å². The molecule has 0 aliphatic heterocycles. The summed E-state index contributed by atoms with van der Waals surface area (Å²) in [6.45, 7) is 3.27. The second-order valence-corrected chi connectivity index (χ2v) is 6.47. The molecule has 2 aromatic rings. The van der Waals surface area contributed by atoms with Crippen LogP contribution in [0.1, 0.15) is 25.0 Å². The molecule has 0 aliphatic rings. The Labute approximate surface area is 156 Å². The lowest BCUT2D eigenvalue weighted by Gasteiger charge is -2.30. The van der Waals surface area contributed by atoms with E-state index in [1.165, 1.54) is 5.69 Å². The number of hydrogen-bond donors (Lipinski definition) is 2. The Morgan fingerprint density at radius 2 is 1.08 bits per heavy atom. The third-order valence-electron chi connectivity index (χ3n) is 4.09. The van der Waals surface area contributed by atoms with Crippen LogP contribution in [-0.2, 0) is 0 Å². The van der Waals surface area contributed by atoms with Crippen LogP contribution in [-0.4, -0.2) is 36.8 Å². The maximum absolute atomic E-state index is 9.77. The van der Waals surface area contributed by atoms with Crippen molar-refractivity contribution in [1.82, 2.24) is 0 Å². The van der Waals surface area contributed by atoms with Gasteiger partial charge in [0.25, 0.3) is 0 Å². The third-order valence-corrected chi connectivity index (χ3v) is 4.09. The summed E-state index contributed by atoms with van der Waals surface area (Å²) >= 11 is 0. The van der Waals surface area contributed by atoms with Crippen molar-refractivity contribution in [2.75, 3.05) is 23.9 Å². The van der Waals surface area contributed by atoms with E-state index >= 15 is 0 Å². The molecule has 138 valence electrons. The summed E-state index contributed by atoms with van der Waals surface area (Å²) in [6.07, 6.45) is 6.58. The van der Waals surface area contributed by atoms with Crippen molar-refractivity contribution in [1.29, 1.82) is 0 Å². The molecule has 0 saturated heterocycles. The van der Waals surface area contributed by atoms with Crippen LogP contribution in [0.15, 0.2) is 60.7 Å². The van der Waals surface area contributed by atoms with E-state index in [9.17, 15) is 10.2 Å². The molecule has 2 atom stereocenters. The summed E-state index contributed by atoms with van der Waals surface area (Å²) in [7, 11) is 4.06. The molecule has 0 radical (unpaired) electrons. The number of aliphatic hydroxyl groups is 2. The maximum Gasteiger partial charge on any atom is 0.126 e. The summed E-state index contributed by atoms with van der Waals surface area (Å²) in [4.78, 5) is 3.62. The second kappa shape index (κ2) is 9.22. The molecule has 0 aromatic heterocycles. The molecule has 2 rings (SSSR count). The van der Waals surface area contributed by atoms with Gasteiger partial charge in [0.15, 0.2) is 0 Å². The maximum atomic E-state index is 9.77. The number of allylic oxidation sites excluding steroid dienone is 2. The zero-order valence-electron chi connectivity index (χ0n) is 15.9. The van der Waals surface area contributed by atoms with E-state index in [2.05, 4.69) is 35.2 Å². The minimum atomic E-state index is -0.752. The van der Waals surface area contributed by atoms with Crippen LogP contribution < -0.4 is 9.80 Å². The molecule has 2 aromatic carbocycles. The molecule has 26 heavy (non-hydrogen) atoms. The standard InChI is InChI=1S/C22H28N2O2/c1-17(25)24(18(2)26)22-15-11-20(12-16-22)8-6-5-7-19-9-13-21(14-10-19)23(3)4/h5-18,25-26H,1-4H3. The van der Waals surface area contributed by atoms with Crippen molar-refractivity contribution in [3.8, 4) is 0 Å². The van der Waals surface area contributed by atoms with E-state index in [0.29, 0.717) is 0 Å². The zero-order valence-corrected chi connectivity index (χ0v) is 15.9. The summed E-state index contributed by atoms with van der Waals surface area (Å²) < 4.78 is 0. The molecule has 0 fully saturated rings. The quantitative estimate of drug-likeness (QED) is 0.585. The fraction of sp³-hybridized carbons (Fsp3) is 0.273. The summed E-state index contributed by atoms with van der Waals surface area (Å²) in [6, 6.07) is 16.1. The van der Waals surface area contributed by atoms with Crippen LogP contribution >= 0.6 is 0 Å². The summed E-state index contributed by atoms with van der Waals surface area (Å²) in [5.74, 6) is 0. The monoisotopic (exact) mass is 352 g/mol. The molecule has 0 amide bonds. The first-order chi connectivity index (χ1) is 12.4. The van der Waals surface area contributed by atoms with Gasteiger partial charge in [-0.3, -0.25) is 0 Å². The first-order valence-corrected chi connectivity index (χ1v) is 8.75. The van der Waals surface area contributed by atoms with Crippen LogP contribution in [0.2, 0.25) is 0 Å². The SMILES string of the molecule is CC(O)N(c1ccc(C=CC=Cc2ccc(N(C)C)cc2)cc1)C(C)O. The van der Waals surface area contributed by atoms with Crippen LogP contribution in [0, 0.1) is 0 Å². The minimum Gasteiger partial charge on any atom is -0.378 e. The molecule has 4 nitrogen and oxygen atoms in total. The van der Waals surface area contributed by atoms with E-state index in [4.69, 9.17) is 0 Å². The van der Waals surface area contributed by atoms with Crippen LogP contribution in [0.25, 0.3) is 12.2 Å². The van der Waals surface area contributed by atoms with Gasteiger partial charge in [0.1, 0.15) is 12.5 Å². The largest absolute Gasteiger partial charge is 0.378 e. The van der Waals surface area contributed by atoms with Gasteiger partial charge in [0.05, 0.1) is 0 Å². The number of hydrogen-bond acceptors (Lipinski definition) is 4. The normalized spacial score (nSPS) is 13.9. The molecular formula is C22H28N2O2. The average molecular weight is 352 g/mol. The summed E-state index contributed by atoms with van der Waals surface area (Å²) in [5, 5.41) is 19.5. The number of nitrogens with zero attached hydrogens (tertiary/aromatic N) is 2. The Morgan fingerprint density at radius 1 is 0.692 bits per heavy atom. The van der Waals surface area contributed by atoms with Crippen molar-refractivity contribution in [2.45, 2.75) is 26.3 Å². The van der Waals surface area contributed by atoms with E-state index < -0.39 is 12.5 Å². The van der Waals surface area contributed by atoms with Crippen LogP contribution in [0.3, 0.4) is 0 Å². The fourth-order valence-corrected chi connectivity index (χ4v) is 2.72. The molecule has 4 heteroatoms. The predicted molar refractivity (Wildman–Crippen MR) is 111 cm³/mol. The smallest absolute Gasteiger partial charge is 0.126 e. The Morgan fingerprint density at radius 3 is 1.42 bits per heavy atom. The molecular weight excluding hydrogens is 324 g/mol. The van der Waals surface area contributed by atoms with Crippen molar-refractivity contribution in [3.05, 3.63) is 71.8 Å². The highest BCUT2D eigenvalue weighted by Crippen LogP contribution is 2.20. The van der Waals surface area contributed by atoms with Gasteiger partial charge in [-0.15, -0.1) is 0 Å². The van der Waals surface area contributed by atoms with Crippen molar-refractivity contribution in [3.63, 3.8) is 0 Å². The number of benzene rings is 2. The molecule has 0 saturated carbocycles. The van der Waals surface area contributed by atoms with Gasteiger partial charge in [-0.1, -0.05) is 48.6 Å². The van der Waals surface area contributed by atoms with Crippen LogP contribution in [0.5, 0.6) is 0 Å². The lowest BCUT2D eigenvalue weighted by atomic mass is 10.1. The van der Waals surface area contributed by atoms with Crippen molar-refractivity contribution >= 4 is 23.5 Å². The topological polar surface area (TPSA) is 46.9 Å². The van der Waals surface area contributed by atoms with Gasteiger partial charge in [-0.2, -0.15) is 0 Å². The number of aliphatic hydroxyl groups excluding tert-OH is 2. The molecule has 0 aliphatic carbocycles. The van der Waals surface area contributed by atoms with E-state index in [-0.39, 0.29) is 0 Å². The third kappa shape index (κ3) is 5.48. The van der Waals surface area contributed by atoms with Gasteiger partial charge in [-0.25, -0.2) is 0 Å². The lowest BCUT2D eigenvalue weighted by molar-refractivity contribution is 0.105. The second-order valence-electron chi connectivity index (χ2n) is 6.47. The fourth-order valence-electron chi connectivity index (χ4n) is 2.72. The highest BCUT2D eigenvalue weighted by Gasteiger charge is 2.16. The summed E-state index contributed by atoms with van der Waals surface area (Å²) in [5.41, 5.74) is 4.17. The average Bonchev–Trinajstić information content (AvgIpc) is 2.60. The van der Waals surface area contributed by atoms with E-state index in [0.717, 1.165) is 16.8 Å². The Bertz CT molecular complexity index is 722. The first-order valence-electron chi connectivity index (χ1n) is 8.75. The molecule has 0 heterocycles. The van der Waals surface area contributed by atoms with Crippen LogP contribution in [0.4, 0.5) is 11.4 Å². The van der Waals surface area contributed by atoms with Gasteiger partial charge in [0.2, 0.25) is 0 Å². The first kappa shape index (κ1) is 19.8.